The lowest BCUT2D eigenvalue weighted by atomic mass is 10.0. The summed E-state index contributed by atoms with van der Waals surface area (Å²) in [6.45, 7) is 8.36. The van der Waals surface area contributed by atoms with Crippen molar-refractivity contribution in [1.29, 1.82) is 5.26 Å². The van der Waals surface area contributed by atoms with Gasteiger partial charge >= 0.3 is 0 Å². The van der Waals surface area contributed by atoms with Gasteiger partial charge < -0.3 is 10.2 Å². The second-order valence-electron chi connectivity index (χ2n) is 5.77. The van der Waals surface area contributed by atoms with Crippen LogP contribution in [0.2, 0.25) is 0 Å². The molecular formula is C17H25N3. The number of nitrogens with one attached hydrogen (secondary N) is 1. The molecule has 0 radical (unpaired) electrons. The third-order valence-corrected chi connectivity index (χ3v) is 4.12. The molecule has 1 N–H and O–H groups in total. The van der Waals surface area contributed by atoms with Gasteiger partial charge in [0.15, 0.2) is 0 Å². The van der Waals surface area contributed by atoms with Gasteiger partial charge in [-0.05, 0) is 49.4 Å². The monoisotopic (exact) mass is 271 g/mol. The normalized spacial score (nSPS) is 19.4. The smallest absolute Gasteiger partial charge is 0.101 e. The Morgan fingerprint density at radius 1 is 1.35 bits per heavy atom. The van der Waals surface area contributed by atoms with Crippen LogP contribution in [0.5, 0.6) is 0 Å². The maximum absolute atomic E-state index is 9.42. The molecule has 0 spiro atoms. The zero-order chi connectivity index (χ0) is 14.4. The molecule has 3 heteroatoms. The summed E-state index contributed by atoms with van der Waals surface area (Å²) in [6.07, 6.45) is 3.76. The summed E-state index contributed by atoms with van der Waals surface area (Å²) >= 11 is 0. The molecule has 1 fully saturated rings. The number of hydrogen-bond donors (Lipinski definition) is 1. The Morgan fingerprint density at radius 2 is 2.20 bits per heavy atom. The van der Waals surface area contributed by atoms with Gasteiger partial charge in [-0.25, -0.2) is 0 Å². The fourth-order valence-electron chi connectivity index (χ4n) is 2.83. The molecule has 1 aromatic carbocycles. The van der Waals surface area contributed by atoms with Crippen LogP contribution in [0.15, 0.2) is 18.2 Å². The minimum Gasteiger partial charge on any atom is -0.370 e. The van der Waals surface area contributed by atoms with E-state index in [-0.39, 0.29) is 0 Å². The molecule has 1 aromatic rings. The third kappa shape index (κ3) is 3.74. The highest BCUT2D eigenvalue weighted by atomic mass is 15.1. The highest BCUT2D eigenvalue weighted by molar-refractivity contribution is 5.60. The topological polar surface area (TPSA) is 39.1 Å². The van der Waals surface area contributed by atoms with Crippen LogP contribution >= 0.6 is 0 Å². The summed E-state index contributed by atoms with van der Waals surface area (Å²) in [4.78, 5) is 2.39. The van der Waals surface area contributed by atoms with Crippen LogP contribution in [0, 0.1) is 17.2 Å². The molecular weight excluding hydrogens is 246 g/mol. The second-order valence-corrected chi connectivity index (χ2v) is 5.77. The van der Waals surface area contributed by atoms with Crippen LogP contribution in [0.25, 0.3) is 0 Å². The summed E-state index contributed by atoms with van der Waals surface area (Å²) in [7, 11) is 0. The van der Waals surface area contributed by atoms with Crippen molar-refractivity contribution in [2.45, 2.75) is 39.7 Å². The molecule has 0 aromatic heterocycles. The predicted molar refractivity (Wildman–Crippen MR) is 83.8 cm³/mol. The van der Waals surface area contributed by atoms with Crippen LogP contribution in [0.4, 0.5) is 5.69 Å². The fraction of sp³-hybridized carbons (Fsp3) is 0.588. The lowest BCUT2D eigenvalue weighted by molar-refractivity contribution is 0.521. The molecule has 0 saturated carbocycles. The number of nitrogens with zero attached hydrogens (tertiary/aromatic N) is 2. The van der Waals surface area contributed by atoms with Crippen molar-refractivity contribution in [3.63, 3.8) is 0 Å². The first-order valence-corrected chi connectivity index (χ1v) is 7.73. The van der Waals surface area contributed by atoms with Crippen LogP contribution in [0.1, 0.15) is 44.2 Å². The number of benzene rings is 1. The number of hydrogen-bond acceptors (Lipinski definition) is 3. The SMILES string of the molecule is CCNCc1ccc(N2CCCC(C)CC2)c(C#N)c1. The van der Waals surface area contributed by atoms with E-state index >= 15 is 0 Å². The van der Waals surface area contributed by atoms with Crippen LogP contribution in [-0.4, -0.2) is 19.6 Å². The quantitative estimate of drug-likeness (QED) is 0.913. The van der Waals surface area contributed by atoms with Crippen molar-refractivity contribution in [2.75, 3.05) is 24.5 Å². The molecule has 1 unspecified atom stereocenters. The van der Waals surface area contributed by atoms with Crippen molar-refractivity contribution in [3.05, 3.63) is 29.3 Å². The fourth-order valence-corrected chi connectivity index (χ4v) is 2.83. The molecule has 1 aliphatic heterocycles. The van der Waals surface area contributed by atoms with Gasteiger partial charge in [-0.15, -0.1) is 0 Å². The molecule has 1 aliphatic rings. The van der Waals surface area contributed by atoms with E-state index in [2.05, 4.69) is 42.3 Å². The summed E-state index contributed by atoms with van der Waals surface area (Å²) in [6, 6.07) is 8.68. The van der Waals surface area contributed by atoms with Gasteiger partial charge in [0, 0.05) is 19.6 Å². The van der Waals surface area contributed by atoms with E-state index in [0.29, 0.717) is 0 Å². The number of rotatable bonds is 4. The van der Waals surface area contributed by atoms with E-state index in [1.54, 1.807) is 0 Å². The first kappa shape index (κ1) is 14.9. The van der Waals surface area contributed by atoms with Crippen LogP contribution in [-0.2, 0) is 6.54 Å². The van der Waals surface area contributed by atoms with E-state index in [9.17, 15) is 5.26 Å². The number of anilines is 1. The zero-order valence-corrected chi connectivity index (χ0v) is 12.7. The first-order chi connectivity index (χ1) is 9.74. The molecule has 20 heavy (non-hydrogen) atoms. The van der Waals surface area contributed by atoms with Gasteiger partial charge in [-0.2, -0.15) is 5.26 Å². The Hall–Kier alpha value is -1.53. The summed E-state index contributed by atoms with van der Waals surface area (Å²) < 4.78 is 0. The molecule has 1 atom stereocenters. The minimum atomic E-state index is 0.804. The van der Waals surface area contributed by atoms with Crippen LogP contribution in [0.3, 0.4) is 0 Å². The first-order valence-electron chi connectivity index (χ1n) is 7.73. The summed E-state index contributed by atoms with van der Waals surface area (Å²) in [5.41, 5.74) is 3.12. The largest absolute Gasteiger partial charge is 0.370 e. The average molecular weight is 271 g/mol. The van der Waals surface area contributed by atoms with Gasteiger partial charge in [-0.1, -0.05) is 19.9 Å². The number of nitriles is 1. The van der Waals surface area contributed by atoms with Crippen LogP contribution < -0.4 is 10.2 Å². The van der Waals surface area contributed by atoms with E-state index in [1.165, 1.54) is 24.8 Å². The Labute approximate surface area is 122 Å². The highest BCUT2D eigenvalue weighted by Gasteiger charge is 2.16. The maximum Gasteiger partial charge on any atom is 0.101 e. The average Bonchev–Trinajstić information content (AvgIpc) is 2.69. The van der Waals surface area contributed by atoms with Crippen molar-refractivity contribution in [2.24, 2.45) is 5.92 Å². The van der Waals surface area contributed by atoms with Gasteiger partial charge in [0.25, 0.3) is 0 Å². The molecule has 0 amide bonds. The molecule has 2 rings (SSSR count). The van der Waals surface area contributed by atoms with Crippen molar-refractivity contribution in [3.8, 4) is 6.07 Å². The van der Waals surface area contributed by atoms with E-state index in [4.69, 9.17) is 0 Å². The Kier molecular flexibility index (Phi) is 5.43. The minimum absolute atomic E-state index is 0.804. The van der Waals surface area contributed by atoms with Crippen molar-refractivity contribution in [1.82, 2.24) is 5.32 Å². The van der Waals surface area contributed by atoms with Gasteiger partial charge in [0.1, 0.15) is 6.07 Å². The van der Waals surface area contributed by atoms with Crippen molar-refractivity contribution < 1.29 is 0 Å². The summed E-state index contributed by atoms with van der Waals surface area (Å²) in [5.74, 6) is 0.804. The molecule has 1 saturated heterocycles. The zero-order valence-electron chi connectivity index (χ0n) is 12.7. The van der Waals surface area contributed by atoms with Gasteiger partial charge in [0.2, 0.25) is 0 Å². The Morgan fingerprint density at radius 3 is 2.95 bits per heavy atom. The molecule has 108 valence electrons. The Balaban J connectivity index is 2.16. The molecule has 0 aliphatic carbocycles. The lowest BCUT2D eigenvalue weighted by Gasteiger charge is -2.24. The maximum atomic E-state index is 9.42. The summed E-state index contributed by atoms with van der Waals surface area (Å²) in [5, 5.41) is 12.7. The molecule has 3 nitrogen and oxygen atoms in total. The highest BCUT2D eigenvalue weighted by Crippen LogP contribution is 2.26. The lowest BCUT2D eigenvalue weighted by Crippen LogP contribution is -2.25. The van der Waals surface area contributed by atoms with Gasteiger partial charge in [-0.3, -0.25) is 0 Å². The molecule has 0 bridgehead atoms. The second kappa shape index (κ2) is 7.31. The van der Waals surface area contributed by atoms with E-state index in [1.807, 2.05) is 6.07 Å². The van der Waals surface area contributed by atoms with E-state index in [0.717, 1.165) is 43.3 Å². The standard InChI is InChI=1S/C17H25N3/c1-3-19-13-15-6-7-17(16(11-15)12-18)20-9-4-5-14(2)8-10-20/h6-7,11,14,19H,3-5,8-10,13H2,1-2H3. The van der Waals surface area contributed by atoms with E-state index < -0.39 is 0 Å². The molecule has 1 heterocycles. The van der Waals surface area contributed by atoms with Crippen molar-refractivity contribution >= 4 is 5.69 Å². The predicted octanol–water partition coefficient (Wildman–Crippen LogP) is 3.29. The third-order valence-electron chi connectivity index (χ3n) is 4.12. The Bertz CT molecular complexity index is 476. The van der Waals surface area contributed by atoms with Gasteiger partial charge in [0.05, 0.1) is 11.3 Å².